The second-order valence-electron chi connectivity index (χ2n) is 3.78. The van der Waals surface area contributed by atoms with Gasteiger partial charge in [-0.2, -0.15) is 5.26 Å². The predicted molar refractivity (Wildman–Crippen MR) is 72.6 cm³/mol. The number of nitrogens with zero attached hydrogens (tertiary/aromatic N) is 1. The molecule has 1 unspecified atom stereocenters. The lowest BCUT2D eigenvalue weighted by Gasteiger charge is -2.15. The number of carboxylic acid groups (broad SMARTS) is 1. The monoisotopic (exact) mass is 325 g/mol. The number of carbonyl (C=O) groups is 2. The molecule has 1 amide bonds. The van der Waals surface area contributed by atoms with Crippen molar-refractivity contribution in [3.8, 4) is 6.07 Å². The number of nitrogens with one attached hydrogen (secondary N) is 2. The number of hydrogen-bond donors (Lipinski definition) is 3. The van der Waals surface area contributed by atoms with Crippen LogP contribution in [0.5, 0.6) is 0 Å². The van der Waals surface area contributed by atoms with E-state index in [1.54, 1.807) is 18.2 Å². The van der Waals surface area contributed by atoms with Crippen LogP contribution >= 0.6 is 15.9 Å². The van der Waals surface area contributed by atoms with Crippen LogP contribution in [0.3, 0.4) is 0 Å². The van der Waals surface area contributed by atoms with Gasteiger partial charge in [-0.1, -0.05) is 0 Å². The second-order valence-corrected chi connectivity index (χ2v) is 4.63. The van der Waals surface area contributed by atoms with Gasteiger partial charge in [0.1, 0.15) is 6.04 Å². The Bertz CT molecular complexity index is 540. The number of aliphatic carboxylic acids is 1. The van der Waals surface area contributed by atoms with E-state index < -0.39 is 17.9 Å². The minimum absolute atomic E-state index is 0.0411. The zero-order chi connectivity index (χ0) is 14.4. The molecule has 0 aromatic heterocycles. The first kappa shape index (κ1) is 15.0. The third-order valence-corrected chi connectivity index (χ3v) is 2.93. The number of carboxylic acids is 1. The van der Waals surface area contributed by atoms with Gasteiger partial charge < -0.3 is 15.7 Å². The minimum Gasteiger partial charge on any atom is -0.480 e. The summed E-state index contributed by atoms with van der Waals surface area (Å²) in [5, 5.41) is 22.9. The molecule has 0 bridgehead atoms. The number of amides is 1. The van der Waals surface area contributed by atoms with Crippen molar-refractivity contribution in [1.82, 2.24) is 5.32 Å². The SMILES string of the molecule is CC(=O)NC(CNc1ccc(C#N)cc1Br)C(=O)O. The van der Waals surface area contributed by atoms with Crippen LogP contribution in [0.2, 0.25) is 0 Å². The quantitative estimate of drug-likeness (QED) is 0.757. The van der Waals surface area contributed by atoms with Crippen molar-refractivity contribution in [3.05, 3.63) is 28.2 Å². The van der Waals surface area contributed by atoms with Gasteiger partial charge in [0.15, 0.2) is 0 Å². The van der Waals surface area contributed by atoms with Gasteiger partial charge in [0.25, 0.3) is 0 Å². The summed E-state index contributed by atoms with van der Waals surface area (Å²) in [6, 6.07) is 5.88. The van der Waals surface area contributed by atoms with Crippen molar-refractivity contribution in [2.75, 3.05) is 11.9 Å². The third-order valence-electron chi connectivity index (χ3n) is 2.27. The van der Waals surface area contributed by atoms with Gasteiger partial charge in [-0.25, -0.2) is 4.79 Å². The van der Waals surface area contributed by atoms with Gasteiger partial charge >= 0.3 is 5.97 Å². The second kappa shape index (κ2) is 6.75. The van der Waals surface area contributed by atoms with Crippen LogP contribution in [0, 0.1) is 11.3 Å². The molecular formula is C12H12BrN3O3. The normalized spacial score (nSPS) is 11.2. The lowest BCUT2D eigenvalue weighted by molar-refractivity contribution is -0.141. The number of rotatable bonds is 5. The fourth-order valence-corrected chi connectivity index (χ4v) is 1.90. The van der Waals surface area contributed by atoms with Gasteiger partial charge in [0.05, 0.1) is 11.6 Å². The van der Waals surface area contributed by atoms with Crippen LogP contribution in [0.4, 0.5) is 5.69 Å². The molecule has 1 atom stereocenters. The molecular weight excluding hydrogens is 314 g/mol. The average molecular weight is 326 g/mol. The molecule has 0 saturated heterocycles. The molecule has 0 aliphatic heterocycles. The Hall–Kier alpha value is -2.07. The van der Waals surface area contributed by atoms with E-state index in [0.717, 1.165) is 0 Å². The lowest BCUT2D eigenvalue weighted by atomic mass is 10.2. The summed E-state index contributed by atoms with van der Waals surface area (Å²) in [6.07, 6.45) is 0. The number of halogens is 1. The summed E-state index contributed by atoms with van der Waals surface area (Å²) in [5.41, 5.74) is 1.14. The Labute approximate surface area is 118 Å². The molecule has 0 radical (unpaired) electrons. The maximum absolute atomic E-state index is 10.9. The highest BCUT2D eigenvalue weighted by atomic mass is 79.9. The molecule has 19 heavy (non-hydrogen) atoms. The highest BCUT2D eigenvalue weighted by Crippen LogP contribution is 2.23. The Morgan fingerprint density at radius 1 is 1.53 bits per heavy atom. The van der Waals surface area contributed by atoms with Crippen molar-refractivity contribution in [2.24, 2.45) is 0 Å². The van der Waals surface area contributed by atoms with E-state index in [9.17, 15) is 9.59 Å². The predicted octanol–water partition coefficient (Wildman–Crippen LogP) is 1.32. The molecule has 1 aromatic rings. The first-order valence-electron chi connectivity index (χ1n) is 5.37. The lowest BCUT2D eigenvalue weighted by Crippen LogP contribution is -2.44. The molecule has 0 spiro atoms. The van der Waals surface area contributed by atoms with Crippen LogP contribution in [-0.4, -0.2) is 29.6 Å². The zero-order valence-electron chi connectivity index (χ0n) is 10.1. The average Bonchev–Trinajstić information content (AvgIpc) is 2.34. The molecule has 7 heteroatoms. The molecule has 0 fully saturated rings. The molecule has 0 aliphatic carbocycles. The number of benzene rings is 1. The van der Waals surface area contributed by atoms with E-state index in [-0.39, 0.29) is 6.54 Å². The number of carbonyl (C=O) groups excluding carboxylic acids is 1. The standard InChI is InChI=1S/C12H12BrN3O3/c1-7(17)16-11(12(18)19)6-15-10-3-2-8(5-14)4-9(10)13/h2-4,11,15H,6H2,1H3,(H,16,17)(H,18,19). The smallest absolute Gasteiger partial charge is 0.328 e. The fourth-order valence-electron chi connectivity index (χ4n) is 1.39. The van der Waals surface area contributed by atoms with E-state index in [4.69, 9.17) is 10.4 Å². The molecule has 1 rings (SSSR count). The number of nitriles is 1. The molecule has 0 aliphatic rings. The van der Waals surface area contributed by atoms with E-state index in [2.05, 4.69) is 26.6 Å². The Morgan fingerprint density at radius 2 is 2.21 bits per heavy atom. The molecule has 3 N–H and O–H groups in total. The molecule has 1 aromatic carbocycles. The third kappa shape index (κ3) is 4.60. The van der Waals surface area contributed by atoms with E-state index in [1.807, 2.05) is 6.07 Å². The van der Waals surface area contributed by atoms with Crippen LogP contribution < -0.4 is 10.6 Å². The Balaban J connectivity index is 2.72. The van der Waals surface area contributed by atoms with Gasteiger partial charge in [-0.3, -0.25) is 4.79 Å². The van der Waals surface area contributed by atoms with Crippen LogP contribution in [0.25, 0.3) is 0 Å². The summed E-state index contributed by atoms with van der Waals surface area (Å²) in [7, 11) is 0. The van der Waals surface area contributed by atoms with E-state index in [1.165, 1.54) is 6.92 Å². The van der Waals surface area contributed by atoms with Crippen LogP contribution in [0.1, 0.15) is 12.5 Å². The summed E-state index contributed by atoms with van der Waals surface area (Å²) in [4.78, 5) is 21.8. The zero-order valence-corrected chi connectivity index (χ0v) is 11.7. The van der Waals surface area contributed by atoms with Gasteiger partial charge in [0.2, 0.25) is 5.91 Å². The van der Waals surface area contributed by atoms with Crippen molar-refractivity contribution in [2.45, 2.75) is 13.0 Å². The molecule has 6 nitrogen and oxygen atoms in total. The molecule has 0 saturated carbocycles. The van der Waals surface area contributed by atoms with Crippen molar-refractivity contribution < 1.29 is 14.7 Å². The summed E-state index contributed by atoms with van der Waals surface area (Å²) < 4.78 is 0.651. The van der Waals surface area contributed by atoms with Crippen LogP contribution in [0.15, 0.2) is 22.7 Å². The Kier molecular flexibility index (Phi) is 5.33. The maximum atomic E-state index is 10.9. The molecule has 0 heterocycles. The van der Waals surface area contributed by atoms with Crippen molar-refractivity contribution in [1.29, 1.82) is 5.26 Å². The van der Waals surface area contributed by atoms with E-state index in [0.29, 0.717) is 15.7 Å². The Morgan fingerprint density at radius 3 is 2.68 bits per heavy atom. The minimum atomic E-state index is -1.12. The number of hydrogen-bond acceptors (Lipinski definition) is 4. The number of anilines is 1. The summed E-state index contributed by atoms with van der Waals surface area (Å²) in [6.45, 7) is 1.30. The highest BCUT2D eigenvalue weighted by Gasteiger charge is 2.18. The van der Waals surface area contributed by atoms with E-state index >= 15 is 0 Å². The van der Waals surface area contributed by atoms with Gasteiger partial charge in [-0.05, 0) is 34.1 Å². The fraction of sp³-hybridized carbons (Fsp3) is 0.250. The van der Waals surface area contributed by atoms with Crippen LogP contribution in [-0.2, 0) is 9.59 Å². The molecule has 100 valence electrons. The summed E-state index contributed by atoms with van der Waals surface area (Å²) in [5.74, 6) is -1.53. The summed E-state index contributed by atoms with van der Waals surface area (Å²) >= 11 is 3.28. The van der Waals surface area contributed by atoms with Gasteiger partial charge in [-0.15, -0.1) is 0 Å². The van der Waals surface area contributed by atoms with Crippen molar-refractivity contribution in [3.63, 3.8) is 0 Å². The van der Waals surface area contributed by atoms with Crippen molar-refractivity contribution >= 4 is 33.5 Å². The highest BCUT2D eigenvalue weighted by molar-refractivity contribution is 9.10. The largest absolute Gasteiger partial charge is 0.480 e. The van der Waals surface area contributed by atoms with Gasteiger partial charge in [0, 0.05) is 23.6 Å². The first-order valence-corrected chi connectivity index (χ1v) is 6.16. The maximum Gasteiger partial charge on any atom is 0.328 e. The topological polar surface area (TPSA) is 102 Å². The first-order chi connectivity index (χ1) is 8.93.